The Balaban J connectivity index is 0.00000264. The molecule has 0 saturated heterocycles. The summed E-state index contributed by atoms with van der Waals surface area (Å²) in [5.41, 5.74) is 2.31. The van der Waals surface area contributed by atoms with E-state index >= 15 is 0 Å². The molecule has 2 unspecified atom stereocenters. The zero-order chi connectivity index (χ0) is 15.9. The molecule has 2 aromatic rings. The largest absolute Gasteiger partial charge is 0.350 e. The van der Waals surface area contributed by atoms with Crippen molar-refractivity contribution >= 4 is 18.3 Å². The number of rotatable bonds is 7. The highest BCUT2D eigenvalue weighted by Gasteiger charge is 2.25. The molecule has 2 atom stereocenters. The van der Waals surface area contributed by atoms with E-state index in [9.17, 15) is 4.79 Å². The van der Waals surface area contributed by atoms with Gasteiger partial charge in [0.15, 0.2) is 0 Å². The van der Waals surface area contributed by atoms with E-state index in [1.54, 1.807) is 18.1 Å². The molecule has 1 aromatic carbocycles. The van der Waals surface area contributed by atoms with Gasteiger partial charge in [0.1, 0.15) is 12.7 Å². The first-order chi connectivity index (χ1) is 10.7. The van der Waals surface area contributed by atoms with Crippen LogP contribution in [0.3, 0.4) is 0 Å². The predicted molar refractivity (Wildman–Crippen MR) is 92.7 cm³/mol. The quantitative estimate of drug-likeness (QED) is 0.807. The zero-order valence-electron chi connectivity index (χ0n) is 13.7. The molecule has 23 heavy (non-hydrogen) atoms. The van der Waals surface area contributed by atoms with Crippen LogP contribution in [-0.2, 0) is 4.79 Å². The van der Waals surface area contributed by atoms with Gasteiger partial charge in [0.05, 0.1) is 18.6 Å². The molecule has 0 aliphatic heterocycles. The van der Waals surface area contributed by atoms with E-state index in [1.807, 2.05) is 0 Å². The zero-order valence-corrected chi connectivity index (χ0v) is 14.5. The molecule has 1 amide bonds. The van der Waals surface area contributed by atoms with Crippen LogP contribution in [0.15, 0.2) is 36.9 Å². The van der Waals surface area contributed by atoms with Gasteiger partial charge in [-0.25, -0.2) is 9.67 Å². The average molecular weight is 338 g/mol. The molecular formula is C16H24ClN5O. The van der Waals surface area contributed by atoms with Crippen molar-refractivity contribution in [1.82, 2.24) is 25.4 Å². The number of nitrogens with one attached hydrogen (secondary N) is 2. The number of likely N-dealkylation sites (N-methyl/N-ethyl adjacent to an activating group) is 1. The van der Waals surface area contributed by atoms with Crippen LogP contribution >= 0.6 is 12.4 Å². The Bertz CT molecular complexity index is 585. The van der Waals surface area contributed by atoms with Crippen LogP contribution in [-0.4, -0.2) is 40.3 Å². The Kier molecular flexibility index (Phi) is 7.71. The topological polar surface area (TPSA) is 71.8 Å². The summed E-state index contributed by atoms with van der Waals surface area (Å²) in [7, 11) is 1.76. The van der Waals surface area contributed by atoms with Crippen molar-refractivity contribution < 1.29 is 4.79 Å². The van der Waals surface area contributed by atoms with Gasteiger partial charge in [-0.2, -0.15) is 5.10 Å². The molecular weight excluding hydrogens is 314 g/mol. The van der Waals surface area contributed by atoms with Crippen LogP contribution in [0.25, 0.3) is 0 Å². The second-order valence-corrected chi connectivity index (χ2v) is 5.34. The first-order valence-corrected chi connectivity index (χ1v) is 7.50. The number of aryl methyl sites for hydroxylation is 1. The summed E-state index contributed by atoms with van der Waals surface area (Å²) in [6, 6.07) is 8.17. The van der Waals surface area contributed by atoms with Gasteiger partial charge in [0.25, 0.3) is 0 Å². The monoisotopic (exact) mass is 337 g/mol. The maximum absolute atomic E-state index is 12.0. The highest BCUT2D eigenvalue weighted by atomic mass is 35.5. The predicted octanol–water partition coefficient (Wildman–Crippen LogP) is 1.71. The van der Waals surface area contributed by atoms with Crippen LogP contribution in [0, 0.1) is 6.92 Å². The van der Waals surface area contributed by atoms with Gasteiger partial charge in [0.2, 0.25) is 5.91 Å². The number of nitrogens with zero attached hydrogens (tertiary/aromatic N) is 3. The lowest BCUT2D eigenvalue weighted by atomic mass is 9.96. The summed E-state index contributed by atoms with van der Waals surface area (Å²) >= 11 is 0. The molecule has 0 spiro atoms. The molecule has 0 bridgehead atoms. The van der Waals surface area contributed by atoms with Gasteiger partial charge in [-0.3, -0.25) is 4.79 Å². The molecule has 0 saturated carbocycles. The fourth-order valence-corrected chi connectivity index (χ4v) is 2.52. The Morgan fingerprint density at radius 1 is 1.30 bits per heavy atom. The van der Waals surface area contributed by atoms with Gasteiger partial charge in [-0.1, -0.05) is 36.8 Å². The van der Waals surface area contributed by atoms with Crippen LogP contribution in [0.1, 0.15) is 30.5 Å². The number of aromatic nitrogens is 3. The summed E-state index contributed by atoms with van der Waals surface area (Å²) in [4.78, 5) is 16.0. The summed E-state index contributed by atoms with van der Waals surface area (Å²) in [6.45, 7) is 4.41. The highest BCUT2D eigenvalue weighted by molar-refractivity contribution is 5.85. The van der Waals surface area contributed by atoms with Crippen LogP contribution < -0.4 is 10.6 Å². The molecule has 0 aliphatic carbocycles. The Morgan fingerprint density at radius 3 is 2.52 bits per heavy atom. The average Bonchev–Trinajstić information content (AvgIpc) is 3.02. The Labute approximate surface area is 143 Å². The van der Waals surface area contributed by atoms with Gasteiger partial charge < -0.3 is 10.6 Å². The van der Waals surface area contributed by atoms with Gasteiger partial charge >= 0.3 is 0 Å². The maximum atomic E-state index is 12.0. The number of benzene rings is 1. The standard InChI is InChI=1S/C16H23N5O.ClH/c1-4-14(20-15(22)9-17-3)16(21-11-18-10-19-21)13-7-5-12(2)6-8-13;/h5-8,10-11,14,16-17H,4,9H2,1-3H3,(H,20,22);1H. The van der Waals surface area contributed by atoms with E-state index < -0.39 is 0 Å². The summed E-state index contributed by atoms with van der Waals surface area (Å²) in [5.74, 6) is -0.0217. The van der Waals surface area contributed by atoms with E-state index in [0.29, 0.717) is 6.54 Å². The van der Waals surface area contributed by atoms with Crippen molar-refractivity contribution in [2.75, 3.05) is 13.6 Å². The fourth-order valence-electron chi connectivity index (χ4n) is 2.52. The highest BCUT2D eigenvalue weighted by Crippen LogP contribution is 2.23. The minimum atomic E-state index is -0.0751. The molecule has 2 rings (SSSR count). The number of carbonyl (C=O) groups is 1. The van der Waals surface area contributed by atoms with Crippen LogP contribution in [0.2, 0.25) is 0 Å². The summed E-state index contributed by atoms with van der Waals surface area (Å²) in [6.07, 6.45) is 4.01. The minimum Gasteiger partial charge on any atom is -0.350 e. The second-order valence-electron chi connectivity index (χ2n) is 5.34. The van der Waals surface area contributed by atoms with Gasteiger partial charge in [-0.05, 0) is 26.0 Å². The lowest BCUT2D eigenvalue weighted by Gasteiger charge is -2.27. The van der Waals surface area contributed by atoms with E-state index in [0.717, 1.165) is 12.0 Å². The minimum absolute atomic E-state index is 0. The van der Waals surface area contributed by atoms with Crippen LogP contribution in [0.5, 0.6) is 0 Å². The molecule has 0 fully saturated rings. The van der Waals surface area contributed by atoms with Crippen molar-refractivity contribution in [2.45, 2.75) is 32.4 Å². The molecule has 1 aromatic heterocycles. The summed E-state index contributed by atoms with van der Waals surface area (Å²) in [5, 5.41) is 10.2. The SMILES string of the molecule is CCC(NC(=O)CNC)C(c1ccc(C)cc1)n1cncn1.Cl. The normalized spacial score (nSPS) is 13.0. The Morgan fingerprint density at radius 2 is 2.00 bits per heavy atom. The molecule has 2 N–H and O–H groups in total. The summed E-state index contributed by atoms with van der Waals surface area (Å²) < 4.78 is 1.80. The van der Waals surface area contributed by atoms with Crippen molar-refractivity contribution in [1.29, 1.82) is 0 Å². The third kappa shape index (κ3) is 5.04. The number of halogens is 1. The first kappa shape index (κ1) is 19.1. The van der Waals surface area contributed by atoms with E-state index in [4.69, 9.17) is 0 Å². The van der Waals surface area contributed by atoms with E-state index in [1.165, 1.54) is 11.9 Å². The van der Waals surface area contributed by atoms with Crippen molar-refractivity contribution in [3.8, 4) is 0 Å². The maximum Gasteiger partial charge on any atom is 0.234 e. The van der Waals surface area contributed by atoms with E-state index in [2.05, 4.69) is 58.8 Å². The molecule has 0 radical (unpaired) electrons. The fraction of sp³-hybridized carbons (Fsp3) is 0.438. The third-order valence-corrected chi connectivity index (χ3v) is 3.65. The smallest absolute Gasteiger partial charge is 0.234 e. The number of carbonyl (C=O) groups excluding carboxylic acids is 1. The lowest BCUT2D eigenvalue weighted by molar-refractivity contribution is -0.121. The van der Waals surface area contributed by atoms with E-state index in [-0.39, 0.29) is 30.4 Å². The van der Waals surface area contributed by atoms with Crippen LogP contribution in [0.4, 0.5) is 0 Å². The van der Waals surface area contributed by atoms with Gasteiger partial charge in [-0.15, -0.1) is 12.4 Å². The number of hydrogen-bond acceptors (Lipinski definition) is 4. The number of amides is 1. The molecule has 1 heterocycles. The lowest BCUT2D eigenvalue weighted by Crippen LogP contribution is -2.44. The van der Waals surface area contributed by atoms with Crippen molar-refractivity contribution in [3.05, 3.63) is 48.0 Å². The first-order valence-electron chi connectivity index (χ1n) is 7.50. The molecule has 6 nitrogen and oxygen atoms in total. The van der Waals surface area contributed by atoms with Gasteiger partial charge in [0, 0.05) is 0 Å². The van der Waals surface area contributed by atoms with Crippen molar-refractivity contribution in [3.63, 3.8) is 0 Å². The number of hydrogen-bond donors (Lipinski definition) is 2. The molecule has 126 valence electrons. The second kappa shape index (κ2) is 9.27. The Hall–Kier alpha value is -1.92. The molecule has 7 heteroatoms. The van der Waals surface area contributed by atoms with Crippen molar-refractivity contribution in [2.24, 2.45) is 0 Å². The molecule has 0 aliphatic rings. The third-order valence-electron chi connectivity index (χ3n) is 3.65.